The van der Waals surface area contributed by atoms with Gasteiger partial charge in [0.25, 0.3) is 0 Å². The first kappa shape index (κ1) is 11.7. The summed E-state index contributed by atoms with van der Waals surface area (Å²) in [5.41, 5.74) is 1.92. The van der Waals surface area contributed by atoms with E-state index in [-0.39, 0.29) is 5.78 Å². The second-order valence-electron chi connectivity index (χ2n) is 3.68. The third-order valence-electron chi connectivity index (χ3n) is 2.67. The highest BCUT2D eigenvalue weighted by molar-refractivity contribution is 6.05. The van der Waals surface area contributed by atoms with Gasteiger partial charge in [-0.05, 0) is 25.8 Å². The third kappa shape index (κ3) is 2.35. The maximum Gasteiger partial charge on any atom is 0.320 e. The molecule has 0 radical (unpaired) electrons. The summed E-state index contributed by atoms with van der Waals surface area (Å²) in [6.07, 6.45) is 4.91. The van der Waals surface area contributed by atoms with Gasteiger partial charge in [0.05, 0.1) is 7.11 Å². The second-order valence-corrected chi connectivity index (χ2v) is 3.68. The number of carbonyl (C=O) groups excluding carboxylic acids is 2. The quantitative estimate of drug-likeness (QED) is 0.405. The van der Waals surface area contributed by atoms with E-state index in [0.717, 1.165) is 11.1 Å². The largest absolute Gasteiger partial charge is 0.468 e. The molecule has 0 fully saturated rings. The lowest BCUT2D eigenvalue weighted by Gasteiger charge is -2.10. The fraction of sp³-hybridized carbons (Fsp3) is 0.500. The molecule has 0 aliphatic heterocycles. The van der Waals surface area contributed by atoms with Gasteiger partial charge in [0, 0.05) is 6.42 Å². The predicted octanol–water partition coefficient (Wildman–Crippen LogP) is 2.03. The van der Waals surface area contributed by atoms with Crippen molar-refractivity contribution < 1.29 is 14.3 Å². The number of esters is 1. The Morgan fingerprint density at radius 3 is 2.80 bits per heavy atom. The lowest BCUT2D eigenvalue weighted by Crippen LogP contribution is -2.22. The normalized spacial score (nSPS) is 21.5. The molecule has 0 aromatic carbocycles. The average Bonchev–Trinajstić information content (AvgIpc) is 2.49. The van der Waals surface area contributed by atoms with Gasteiger partial charge in [-0.15, -0.1) is 0 Å². The first-order valence-corrected chi connectivity index (χ1v) is 5.02. The number of methoxy groups -OCH3 is 1. The Balaban J connectivity index is 2.92. The molecular weight excluding hydrogens is 192 g/mol. The number of hydrogen-bond acceptors (Lipinski definition) is 3. The van der Waals surface area contributed by atoms with Gasteiger partial charge in [0.15, 0.2) is 5.78 Å². The Hall–Kier alpha value is -1.38. The van der Waals surface area contributed by atoms with E-state index in [2.05, 4.69) is 4.74 Å². The highest BCUT2D eigenvalue weighted by atomic mass is 16.5. The van der Waals surface area contributed by atoms with Crippen molar-refractivity contribution >= 4 is 11.8 Å². The van der Waals surface area contributed by atoms with Crippen LogP contribution in [0.25, 0.3) is 0 Å². The zero-order chi connectivity index (χ0) is 11.4. The number of allylic oxidation sites excluding steroid dienone is 3. The van der Waals surface area contributed by atoms with E-state index < -0.39 is 11.9 Å². The van der Waals surface area contributed by atoms with E-state index in [1.54, 1.807) is 0 Å². The molecule has 1 atom stereocenters. The van der Waals surface area contributed by atoms with Crippen LogP contribution in [0, 0.1) is 5.92 Å². The molecule has 0 aromatic rings. The van der Waals surface area contributed by atoms with Crippen LogP contribution in [0.3, 0.4) is 0 Å². The van der Waals surface area contributed by atoms with E-state index >= 15 is 0 Å². The van der Waals surface area contributed by atoms with Crippen molar-refractivity contribution in [2.45, 2.75) is 26.7 Å². The van der Waals surface area contributed by atoms with Crippen LogP contribution in [-0.2, 0) is 14.3 Å². The average molecular weight is 208 g/mol. The molecule has 0 N–H and O–H groups in total. The molecule has 15 heavy (non-hydrogen) atoms. The summed E-state index contributed by atoms with van der Waals surface area (Å²) >= 11 is 0. The minimum atomic E-state index is -0.661. The first-order chi connectivity index (χ1) is 7.11. The summed E-state index contributed by atoms with van der Waals surface area (Å²) < 4.78 is 4.65. The van der Waals surface area contributed by atoms with Gasteiger partial charge in [-0.3, -0.25) is 9.59 Å². The first-order valence-electron chi connectivity index (χ1n) is 5.02. The van der Waals surface area contributed by atoms with E-state index in [1.807, 2.05) is 26.0 Å². The van der Waals surface area contributed by atoms with Crippen molar-refractivity contribution in [3.8, 4) is 0 Å². The number of carbonyl (C=O) groups is 2. The van der Waals surface area contributed by atoms with Crippen molar-refractivity contribution in [2.75, 3.05) is 7.11 Å². The van der Waals surface area contributed by atoms with E-state index in [0.29, 0.717) is 12.8 Å². The molecule has 0 saturated heterocycles. The highest BCUT2D eigenvalue weighted by Gasteiger charge is 2.36. The topological polar surface area (TPSA) is 43.4 Å². The van der Waals surface area contributed by atoms with Gasteiger partial charge >= 0.3 is 5.97 Å². The Morgan fingerprint density at radius 2 is 2.27 bits per heavy atom. The summed E-state index contributed by atoms with van der Waals surface area (Å²) in [5, 5.41) is 0. The number of hydrogen-bond donors (Lipinski definition) is 0. The minimum Gasteiger partial charge on any atom is -0.468 e. The van der Waals surface area contributed by atoms with Crippen molar-refractivity contribution in [1.29, 1.82) is 0 Å². The molecule has 0 amide bonds. The van der Waals surface area contributed by atoms with Crippen LogP contribution >= 0.6 is 0 Å². The van der Waals surface area contributed by atoms with Crippen LogP contribution < -0.4 is 0 Å². The summed E-state index contributed by atoms with van der Waals surface area (Å²) in [4.78, 5) is 23.0. The monoisotopic (exact) mass is 208 g/mol. The van der Waals surface area contributed by atoms with Crippen molar-refractivity contribution in [1.82, 2.24) is 0 Å². The zero-order valence-corrected chi connectivity index (χ0v) is 9.37. The molecule has 0 heterocycles. The number of rotatable bonds is 3. The predicted molar refractivity (Wildman–Crippen MR) is 57.3 cm³/mol. The van der Waals surface area contributed by atoms with Crippen LogP contribution in [0.15, 0.2) is 23.3 Å². The molecule has 1 aliphatic rings. The second kappa shape index (κ2) is 4.91. The van der Waals surface area contributed by atoms with Gasteiger partial charge in [-0.25, -0.2) is 0 Å². The molecule has 3 nitrogen and oxygen atoms in total. The highest BCUT2D eigenvalue weighted by Crippen LogP contribution is 2.32. The molecule has 1 aliphatic carbocycles. The maximum absolute atomic E-state index is 11.6. The van der Waals surface area contributed by atoms with Crippen LogP contribution in [0.2, 0.25) is 0 Å². The van der Waals surface area contributed by atoms with Crippen molar-refractivity contribution in [3.05, 3.63) is 23.3 Å². The van der Waals surface area contributed by atoms with E-state index in [9.17, 15) is 9.59 Å². The fourth-order valence-corrected chi connectivity index (χ4v) is 1.85. The molecule has 0 saturated carbocycles. The molecule has 82 valence electrons. The number of ether oxygens (including phenoxy) is 1. The van der Waals surface area contributed by atoms with E-state index in [1.165, 1.54) is 7.11 Å². The molecule has 0 bridgehead atoms. The van der Waals surface area contributed by atoms with E-state index in [4.69, 9.17) is 0 Å². The Morgan fingerprint density at radius 1 is 1.60 bits per heavy atom. The Labute approximate surface area is 89.8 Å². The third-order valence-corrected chi connectivity index (χ3v) is 2.67. The van der Waals surface area contributed by atoms with Crippen LogP contribution in [0.1, 0.15) is 26.7 Å². The molecule has 3 heteroatoms. The lowest BCUT2D eigenvalue weighted by molar-refractivity contribution is -0.147. The van der Waals surface area contributed by atoms with Gasteiger partial charge in [0.2, 0.25) is 0 Å². The summed E-state index contributed by atoms with van der Waals surface area (Å²) in [5.74, 6) is -1.14. The van der Waals surface area contributed by atoms with Crippen LogP contribution in [-0.4, -0.2) is 18.9 Å². The fourth-order valence-electron chi connectivity index (χ4n) is 1.85. The summed E-state index contributed by atoms with van der Waals surface area (Å²) in [6.45, 7) is 3.82. The lowest BCUT2D eigenvalue weighted by atomic mass is 9.97. The van der Waals surface area contributed by atoms with Gasteiger partial charge in [0.1, 0.15) is 5.92 Å². The van der Waals surface area contributed by atoms with Crippen LogP contribution in [0.5, 0.6) is 0 Å². The molecule has 0 unspecified atom stereocenters. The SMILES string of the molecule is C/C=C/CC1=C(C)CC(=O)[C@@H]1C(=O)OC. The minimum absolute atomic E-state index is 0.0427. The summed E-state index contributed by atoms with van der Waals surface area (Å²) in [6, 6.07) is 0. The smallest absolute Gasteiger partial charge is 0.320 e. The van der Waals surface area contributed by atoms with Crippen LogP contribution in [0.4, 0.5) is 0 Å². The van der Waals surface area contributed by atoms with Gasteiger partial charge in [-0.2, -0.15) is 0 Å². The maximum atomic E-state index is 11.6. The molecule has 0 aromatic heterocycles. The van der Waals surface area contributed by atoms with Crippen molar-refractivity contribution in [3.63, 3.8) is 0 Å². The standard InChI is InChI=1S/C12H16O3/c1-4-5-6-9-8(2)7-10(13)11(9)12(14)15-3/h4-5,11H,6-7H2,1-3H3/b5-4+/t11-/m1/s1. The molecular formula is C12H16O3. The number of Topliss-reactive ketones (excluding diaryl/α,β-unsaturated/α-hetero) is 1. The molecule has 1 rings (SSSR count). The Kier molecular flexibility index (Phi) is 3.83. The Bertz CT molecular complexity index is 337. The summed E-state index contributed by atoms with van der Waals surface area (Å²) in [7, 11) is 1.32. The molecule has 0 spiro atoms. The van der Waals surface area contributed by atoms with Gasteiger partial charge in [-0.1, -0.05) is 17.7 Å². The number of ketones is 1. The van der Waals surface area contributed by atoms with Gasteiger partial charge < -0.3 is 4.74 Å². The zero-order valence-electron chi connectivity index (χ0n) is 9.37. The van der Waals surface area contributed by atoms with Crippen molar-refractivity contribution in [2.24, 2.45) is 5.92 Å².